The van der Waals surface area contributed by atoms with Gasteiger partial charge in [-0.15, -0.1) is 0 Å². The summed E-state index contributed by atoms with van der Waals surface area (Å²) < 4.78 is 29.9. The molecule has 0 aliphatic rings. The first-order chi connectivity index (χ1) is 11.8. The number of sulfone groups is 1. The van der Waals surface area contributed by atoms with Gasteiger partial charge < -0.3 is 10.1 Å². The minimum atomic E-state index is -3.69. The van der Waals surface area contributed by atoms with Gasteiger partial charge in [0.2, 0.25) is 5.91 Å². The summed E-state index contributed by atoms with van der Waals surface area (Å²) in [6.45, 7) is 4.13. The molecule has 0 atom stereocenters. The Bertz CT molecular complexity index is 815. The van der Waals surface area contributed by atoms with Crippen LogP contribution >= 0.6 is 11.6 Å². The lowest BCUT2D eigenvalue weighted by Crippen LogP contribution is -2.29. The van der Waals surface area contributed by atoms with E-state index in [0.29, 0.717) is 5.02 Å². The van der Waals surface area contributed by atoms with Crippen LogP contribution in [0.25, 0.3) is 0 Å². The van der Waals surface area contributed by atoms with Gasteiger partial charge in [0.25, 0.3) is 0 Å². The molecule has 0 aromatic heterocycles. The number of nitrogens with one attached hydrogen (secondary N) is 1. The third-order valence-electron chi connectivity index (χ3n) is 3.28. The van der Waals surface area contributed by atoms with Crippen LogP contribution in [0.15, 0.2) is 53.4 Å². The molecule has 2 aromatic carbocycles. The predicted octanol–water partition coefficient (Wildman–Crippen LogP) is 3.22. The summed E-state index contributed by atoms with van der Waals surface area (Å²) in [5.41, 5.74) is 0.855. The molecule has 0 fully saturated rings. The average molecular weight is 382 g/mol. The summed E-state index contributed by atoms with van der Waals surface area (Å²) in [5.74, 6) is -0.420. The molecule has 0 radical (unpaired) electrons. The maximum atomic E-state index is 12.2. The third-order valence-corrected chi connectivity index (χ3v) is 5.16. The first-order valence-corrected chi connectivity index (χ1v) is 9.80. The maximum Gasteiger partial charge on any atom is 0.235 e. The Balaban J connectivity index is 1.90. The van der Waals surface area contributed by atoms with E-state index in [4.69, 9.17) is 16.3 Å². The number of halogens is 1. The second kappa shape index (κ2) is 8.36. The van der Waals surface area contributed by atoms with Crippen LogP contribution in [-0.2, 0) is 21.2 Å². The fourth-order valence-corrected chi connectivity index (χ4v) is 3.40. The van der Waals surface area contributed by atoms with E-state index in [0.717, 1.165) is 11.3 Å². The van der Waals surface area contributed by atoms with Crippen molar-refractivity contribution in [3.63, 3.8) is 0 Å². The van der Waals surface area contributed by atoms with Gasteiger partial charge in [0, 0.05) is 11.6 Å². The van der Waals surface area contributed by atoms with Gasteiger partial charge in [-0.25, -0.2) is 8.42 Å². The standard InChI is InChI=1S/C18H20ClNO4S/c1-13(2)24-16-7-3-14(4-8-16)11-20-18(21)12-25(22,23)17-9-5-15(19)6-10-17/h3-10,13H,11-12H2,1-2H3,(H,20,21). The van der Waals surface area contributed by atoms with Crippen molar-refractivity contribution in [3.8, 4) is 5.75 Å². The quantitative estimate of drug-likeness (QED) is 0.799. The average Bonchev–Trinajstić information content (AvgIpc) is 2.53. The highest BCUT2D eigenvalue weighted by atomic mass is 35.5. The van der Waals surface area contributed by atoms with E-state index < -0.39 is 21.5 Å². The molecule has 0 spiro atoms. The van der Waals surface area contributed by atoms with E-state index in [9.17, 15) is 13.2 Å². The zero-order valence-electron chi connectivity index (χ0n) is 14.0. The molecule has 0 saturated heterocycles. The lowest BCUT2D eigenvalue weighted by molar-refractivity contribution is -0.118. The highest BCUT2D eigenvalue weighted by molar-refractivity contribution is 7.92. The van der Waals surface area contributed by atoms with Crippen molar-refractivity contribution in [3.05, 3.63) is 59.1 Å². The molecule has 0 aliphatic heterocycles. The number of carbonyl (C=O) groups is 1. The molecule has 25 heavy (non-hydrogen) atoms. The lowest BCUT2D eigenvalue weighted by atomic mass is 10.2. The topological polar surface area (TPSA) is 72.5 Å². The summed E-state index contributed by atoms with van der Waals surface area (Å²) >= 11 is 5.74. The molecule has 1 N–H and O–H groups in total. The van der Waals surface area contributed by atoms with Gasteiger partial charge in [0.15, 0.2) is 9.84 Å². The summed E-state index contributed by atoms with van der Waals surface area (Å²) in [6.07, 6.45) is 0.0867. The van der Waals surface area contributed by atoms with Crippen LogP contribution in [0.4, 0.5) is 0 Å². The van der Waals surface area contributed by atoms with Crippen LogP contribution in [0.3, 0.4) is 0 Å². The Morgan fingerprint density at radius 1 is 1.08 bits per heavy atom. The van der Waals surface area contributed by atoms with Crippen molar-refractivity contribution in [1.82, 2.24) is 5.32 Å². The van der Waals surface area contributed by atoms with Crippen LogP contribution in [0.5, 0.6) is 5.75 Å². The van der Waals surface area contributed by atoms with E-state index in [1.165, 1.54) is 24.3 Å². The molecule has 2 rings (SSSR count). The van der Waals surface area contributed by atoms with Crippen molar-refractivity contribution in [1.29, 1.82) is 0 Å². The van der Waals surface area contributed by atoms with E-state index in [1.54, 1.807) is 0 Å². The molecule has 134 valence electrons. The monoisotopic (exact) mass is 381 g/mol. The second-order valence-electron chi connectivity index (χ2n) is 5.80. The number of hydrogen-bond acceptors (Lipinski definition) is 4. The zero-order chi connectivity index (χ0) is 18.4. The Morgan fingerprint density at radius 3 is 2.24 bits per heavy atom. The molecule has 0 bridgehead atoms. The fourth-order valence-electron chi connectivity index (χ4n) is 2.11. The number of ether oxygens (including phenoxy) is 1. The van der Waals surface area contributed by atoms with Crippen LogP contribution in [0.1, 0.15) is 19.4 Å². The molecular formula is C18H20ClNO4S. The van der Waals surface area contributed by atoms with Gasteiger partial charge in [0.05, 0.1) is 11.0 Å². The van der Waals surface area contributed by atoms with Crippen LogP contribution in [0.2, 0.25) is 5.02 Å². The predicted molar refractivity (Wildman–Crippen MR) is 97.6 cm³/mol. The van der Waals surface area contributed by atoms with E-state index in [-0.39, 0.29) is 17.5 Å². The molecule has 0 saturated carbocycles. The number of hydrogen-bond donors (Lipinski definition) is 1. The first-order valence-electron chi connectivity index (χ1n) is 7.77. The van der Waals surface area contributed by atoms with Crippen molar-refractivity contribution in [2.24, 2.45) is 0 Å². The lowest BCUT2D eigenvalue weighted by Gasteiger charge is -2.10. The van der Waals surface area contributed by atoms with Crippen LogP contribution < -0.4 is 10.1 Å². The molecule has 0 heterocycles. The summed E-state index contributed by atoms with van der Waals surface area (Å²) in [7, 11) is -3.69. The minimum absolute atomic E-state index is 0.0715. The highest BCUT2D eigenvalue weighted by Gasteiger charge is 2.19. The van der Waals surface area contributed by atoms with Crippen molar-refractivity contribution in [2.45, 2.75) is 31.4 Å². The van der Waals surface area contributed by atoms with Gasteiger partial charge in [-0.1, -0.05) is 23.7 Å². The SMILES string of the molecule is CC(C)Oc1ccc(CNC(=O)CS(=O)(=O)c2ccc(Cl)cc2)cc1. The highest BCUT2D eigenvalue weighted by Crippen LogP contribution is 2.16. The molecule has 1 amide bonds. The smallest absolute Gasteiger partial charge is 0.235 e. The van der Waals surface area contributed by atoms with Crippen molar-refractivity contribution in [2.75, 3.05) is 5.75 Å². The van der Waals surface area contributed by atoms with E-state index in [2.05, 4.69) is 5.32 Å². The van der Waals surface area contributed by atoms with Crippen molar-refractivity contribution >= 4 is 27.3 Å². The Labute approximate surface area is 152 Å². The maximum absolute atomic E-state index is 12.2. The molecule has 0 aliphatic carbocycles. The molecular weight excluding hydrogens is 362 g/mol. The first kappa shape index (κ1) is 19.3. The van der Waals surface area contributed by atoms with Gasteiger partial charge in [0.1, 0.15) is 11.5 Å². The summed E-state index contributed by atoms with van der Waals surface area (Å²) in [6, 6.07) is 13.0. The van der Waals surface area contributed by atoms with Gasteiger partial charge in [-0.05, 0) is 55.8 Å². The summed E-state index contributed by atoms with van der Waals surface area (Å²) in [5, 5.41) is 3.05. The number of benzene rings is 2. The summed E-state index contributed by atoms with van der Waals surface area (Å²) in [4.78, 5) is 12.0. The van der Waals surface area contributed by atoms with Gasteiger partial charge >= 0.3 is 0 Å². The minimum Gasteiger partial charge on any atom is -0.491 e. The molecule has 2 aromatic rings. The number of rotatable bonds is 7. The van der Waals surface area contributed by atoms with Crippen LogP contribution in [-0.4, -0.2) is 26.2 Å². The fraction of sp³-hybridized carbons (Fsp3) is 0.278. The Hall–Kier alpha value is -2.05. The Morgan fingerprint density at radius 2 is 1.68 bits per heavy atom. The molecule has 0 unspecified atom stereocenters. The normalized spacial score (nSPS) is 11.4. The van der Waals surface area contributed by atoms with Crippen LogP contribution in [0, 0.1) is 0 Å². The molecule has 5 nitrogen and oxygen atoms in total. The van der Waals surface area contributed by atoms with Gasteiger partial charge in [-0.3, -0.25) is 4.79 Å². The van der Waals surface area contributed by atoms with Crippen molar-refractivity contribution < 1.29 is 17.9 Å². The largest absolute Gasteiger partial charge is 0.491 e. The van der Waals surface area contributed by atoms with E-state index in [1.807, 2.05) is 38.1 Å². The number of carbonyl (C=O) groups excluding carboxylic acids is 1. The molecule has 7 heteroatoms. The zero-order valence-corrected chi connectivity index (χ0v) is 15.6. The van der Waals surface area contributed by atoms with E-state index >= 15 is 0 Å². The van der Waals surface area contributed by atoms with Gasteiger partial charge in [-0.2, -0.15) is 0 Å². The second-order valence-corrected chi connectivity index (χ2v) is 8.23. The third kappa shape index (κ3) is 6.07. The Kier molecular flexibility index (Phi) is 6.45. The number of amides is 1.